The third-order valence-corrected chi connectivity index (χ3v) is 5.70. The van der Waals surface area contributed by atoms with Crippen molar-refractivity contribution in [1.29, 1.82) is 0 Å². The number of aromatic nitrogens is 3. The number of hydrogen-bond donors (Lipinski definition) is 2. The quantitative estimate of drug-likeness (QED) is 0.239. The number of benzene rings is 2. The van der Waals surface area contributed by atoms with Gasteiger partial charge in [-0.05, 0) is 64.1 Å². The molecule has 0 bridgehead atoms. The molecule has 0 aliphatic rings. The van der Waals surface area contributed by atoms with Gasteiger partial charge in [-0.3, -0.25) is 10.1 Å². The van der Waals surface area contributed by atoms with Gasteiger partial charge in [-0.15, -0.1) is 0 Å². The van der Waals surface area contributed by atoms with Crippen LogP contribution in [-0.4, -0.2) is 44.9 Å². The van der Waals surface area contributed by atoms with Crippen LogP contribution in [0, 0.1) is 5.82 Å². The summed E-state index contributed by atoms with van der Waals surface area (Å²) >= 11 is 6.27. The Kier molecular flexibility index (Phi) is 8.68. The van der Waals surface area contributed by atoms with Gasteiger partial charge in [0.2, 0.25) is 0 Å². The highest BCUT2D eigenvalue weighted by Gasteiger charge is 2.22. The molecule has 0 saturated heterocycles. The number of amides is 2. The first-order chi connectivity index (χ1) is 19.4. The summed E-state index contributed by atoms with van der Waals surface area (Å²) in [5.74, 6) is -1.80. The molecule has 2 amide bonds. The number of esters is 1. The predicted molar refractivity (Wildman–Crippen MR) is 152 cm³/mol. The Morgan fingerprint density at radius 3 is 2.41 bits per heavy atom. The summed E-state index contributed by atoms with van der Waals surface area (Å²) in [6.45, 7) is 6.97. The first kappa shape index (κ1) is 29.2. The minimum atomic E-state index is -0.729. The number of rotatable bonds is 7. The summed E-state index contributed by atoms with van der Waals surface area (Å²) in [7, 11) is 0. The molecule has 4 rings (SSSR count). The van der Waals surface area contributed by atoms with E-state index in [0.29, 0.717) is 5.69 Å². The molecule has 0 fully saturated rings. The molecule has 41 heavy (non-hydrogen) atoms. The standard InChI is InChI=1S/C29H27ClFN5O5/c1-5-40-27(38)23-16-25(36(35-23)17-10-7-6-8-11-17)34-26(37)18-14-19(21(31)15-20(18)30)22-12-9-13-24(32-22)33-28(39)41-29(2,3)4/h6-16H,5H2,1-4H3,(H,34,37)(H,32,33,39). The van der Waals surface area contributed by atoms with E-state index >= 15 is 4.39 Å². The van der Waals surface area contributed by atoms with Gasteiger partial charge in [0.25, 0.3) is 5.91 Å². The van der Waals surface area contributed by atoms with Gasteiger partial charge in [0.05, 0.1) is 28.6 Å². The topological polar surface area (TPSA) is 124 Å². The fourth-order valence-electron chi connectivity index (χ4n) is 3.71. The molecule has 0 radical (unpaired) electrons. The maximum absolute atomic E-state index is 15.0. The van der Waals surface area contributed by atoms with Crippen molar-refractivity contribution in [1.82, 2.24) is 14.8 Å². The smallest absolute Gasteiger partial charge is 0.413 e. The van der Waals surface area contributed by atoms with Crippen molar-refractivity contribution in [3.05, 3.63) is 88.8 Å². The molecule has 2 aromatic heterocycles. The van der Waals surface area contributed by atoms with E-state index in [1.54, 1.807) is 58.0 Å². The predicted octanol–water partition coefficient (Wildman–Crippen LogP) is 6.50. The van der Waals surface area contributed by atoms with Crippen LogP contribution in [0.3, 0.4) is 0 Å². The van der Waals surface area contributed by atoms with Crippen LogP contribution in [0.25, 0.3) is 16.9 Å². The lowest BCUT2D eigenvalue weighted by atomic mass is 10.1. The number of pyridine rings is 1. The molecule has 0 aliphatic carbocycles. The van der Waals surface area contributed by atoms with E-state index in [4.69, 9.17) is 21.1 Å². The zero-order chi connectivity index (χ0) is 29.7. The van der Waals surface area contributed by atoms with Crippen molar-refractivity contribution in [2.75, 3.05) is 17.2 Å². The minimum Gasteiger partial charge on any atom is -0.461 e. The number of anilines is 2. The van der Waals surface area contributed by atoms with Crippen LogP contribution < -0.4 is 10.6 Å². The maximum Gasteiger partial charge on any atom is 0.413 e. The van der Waals surface area contributed by atoms with Crippen LogP contribution in [0.2, 0.25) is 5.02 Å². The molecule has 0 unspecified atom stereocenters. The van der Waals surface area contributed by atoms with Gasteiger partial charge in [0, 0.05) is 11.6 Å². The van der Waals surface area contributed by atoms with Gasteiger partial charge in [0.15, 0.2) is 5.69 Å². The highest BCUT2D eigenvalue weighted by Crippen LogP contribution is 2.29. The van der Waals surface area contributed by atoms with Gasteiger partial charge < -0.3 is 14.8 Å². The normalized spacial score (nSPS) is 11.1. The van der Waals surface area contributed by atoms with E-state index in [9.17, 15) is 14.4 Å². The molecule has 0 aliphatic heterocycles. The number of hydrogen-bond acceptors (Lipinski definition) is 7. The lowest BCUT2D eigenvalue weighted by Gasteiger charge is -2.19. The molecule has 212 valence electrons. The number of carbonyl (C=O) groups excluding carboxylic acids is 3. The Balaban J connectivity index is 1.65. The van der Waals surface area contributed by atoms with Crippen LogP contribution in [0.4, 0.5) is 20.8 Å². The van der Waals surface area contributed by atoms with Crippen LogP contribution in [0.1, 0.15) is 48.5 Å². The van der Waals surface area contributed by atoms with Gasteiger partial charge in [0.1, 0.15) is 23.1 Å². The molecular weight excluding hydrogens is 553 g/mol. The van der Waals surface area contributed by atoms with Crippen LogP contribution >= 0.6 is 11.6 Å². The zero-order valence-electron chi connectivity index (χ0n) is 22.7. The molecule has 2 heterocycles. The first-order valence-electron chi connectivity index (χ1n) is 12.6. The van der Waals surface area contributed by atoms with Crippen LogP contribution in [-0.2, 0) is 9.47 Å². The molecule has 0 spiro atoms. The summed E-state index contributed by atoms with van der Waals surface area (Å²) in [6, 6.07) is 17.1. The number of ether oxygens (including phenoxy) is 2. The van der Waals surface area contributed by atoms with E-state index in [0.717, 1.165) is 6.07 Å². The first-order valence-corrected chi connectivity index (χ1v) is 12.9. The summed E-state index contributed by atoms with van der Waals surface area (Å²) < 4.78 is 26.7. The second-order valence-corrected chi connectivity index (χ2v) is 10.1. The van der Waals surface area contributed by atoms with Crippen molar-refractivity contribution >= 4 is 41.2 Å². The Morgan fingerprint density at radius 1 is 1.00 bits per heavy atom. The van der Waals surface area contributed by atoms with Crippen molar-refractivity contribution in [2.45, 2.75) is 33.3 Å². The molecule has 4 aromatic rings. The van der Waals surface area contributed by atoms with Crippen molar-refractivity contribution in [3.8, 4) is 16.9 Å². The fourth-order valence-corrected chi connectivity index (χ4v) is 3.94. The molecule has 0 saturated carbocycles. The molecule has 10 nitrogen and oxygen atoms in total. The molecular formula is C29H27ClFN5O5. The second-order valence-electron chi connectivity index (χ2n) is 9.68. The third kappa shape index (κ3) is 7.25. The Hall–Kier alpha value is -4.77. The molecule has 2 N–H and O–H groups in total. The largest absolute Gasteiger partial charge is 0.461 e. The van der Waals surface area contributed by atoms with Gasteiger partial charge >= 0.3 is 12.1 Å². The average Bonchev–Trinajstić information content (AvgIpc) is 3.32. The van der Waals surface area contributed by atoms with Crippen LogP contribution in [0.15, 0.2) is 66.7 Å². The van der Waals surface area contributed by atoms with E-state index in [-0.39, 0.29) is 45.8 Å². The van der Waals surface area contributed by atoms with E-state index < -0.39 is 29.4 Å². The van der Waals surface area contributed by atoms with E-state index in [1.807, 2.05) is 6.07 Å². The van der Waals surface area contributed by atoms with Gasteiger partial charge in [-0.25, -0.2) is 23.6 Å². The highest BCUT2D eigenvalue weighted by molar-refractivity contribution is 6.34. The molecule has 12 heteroatoms. The number of nitrogens with zero attached hydrogens (tertiary/aromatic N) is 3. The third-order valence-electron chi connectivity index (χ3n) is 5.39. The molecule has 0 atom stereocenters. The maximum atomic E-state index is 15.0. The lowest BCUT2D eigenvalue weighted by molar-refractivity contribution is 0.0518. The van der Waals surface area contributed by atoms with E-state index in [1.165, 1.54) is 28.9 Å². The van der Waals surface area contributed by atoms with Gasteiger partial charge in [-0.1, -0.05) is 35.9 Å². The summed E-state index contributed by atoms with van der Waals surface area (Å²) in [5.41, 5.74) is -0.122. The summed E-state index contributed by atoms with van der Waals surface area (Å²) in [6.07, 6.45) is -0.726. The summed E-state index contributed by atoms with van der Waals surface area (Å²) in [5, 5.41) is 9.33. The molecule has 2 aromatic carbocycles. The monoisotopic (exact) mass is 579 g/mol. The zero-order valence-corrected chi connectivity index (χ0v) is 23.5. The second kappa shape index (κ2) is 12.2. The van der Waals surface area contributed by atoms with Crippen molar-refractivity contribution in [3.63, 3.8) is 0 Å². The fraction of sp³-hybridized carbons (Fsp3) is 0.207. The van der Waals surface area contributed by atoms with E-state index in [2.05, 4.69) is 20.7 Å². The SMILES string of the molecule is CCOC(=O)c1cc(NC(=O)c2cc(-c3cccc(NC(=O)OC(C)(C)C)n3)c(F)cc2Cl)n(-c2ccccc2)n1. The average molecular weight is 580 g/mol. The summed E-state index contributed by atoms with van der Waals surface area (Å²) in [4.78, 5) is 42.2. The van der Waals surface area contributed by atoms with Crippen molar-refractivity contribution < 1.29 is 28.2 Å². The Morgan fingerprint density at radius 2 is 1.73 bits per heavy atom. The number of para-hydroxylation sites is 1. The highest BCUT2D eigenvalue weighted by atomic mass is 35.5. The van der Waals surface area contributed by atoms with Gasteiger partial charge in [-0.2, -0.15) is 5.10 Å². The number of halogens is 2. The lowest BCUT2D eigenvalue weighted by Crippen LogP contribution is -2.27. The Labute approximate surface area is 240 Å². The minimum absolute atomic E-state index is 0.0182. The number of nitrogens with one attached hydrogen (secondary N) is 2. The van der Waals surface area contributed by atoms with Crippen molar-refractivity contribution in [2.24, 2.45) is 0 Å². The number of carbonyl (C=O) groups is 3. The Bertz CT molecular complexity index is 1600. The van der Waals surface area contributed by atoms with Crippen LogP contribution in [0.5, 0.6) is 0 Å².